The summed E-state index contributed by atoms with van der Waals surface area (Å²) in [6, 6.07) is 12.4. The molecule has 0 saturated heterocycles. The van der Waals surface area contributed by atoms with Crippen molar-refractivity contribution in [2.24, 2.45) is 0 Å². The number of benzene rings is 3. The molecule has 1 heterocycles. The minimum atomic E-state index is -0.748. The van der Waals surface area contributed by atoms with Gasteiger partial charge in [0.15, 0.2) is 23.1 Å². The highest BCUT2D eigenvalue weighted by Crippen LogP contribution is 2.37. The Balaban J connectivity index is 1.44. The highest BCUT2D eigenvalue weighted by Gasteiger charge is 2.15. The largest absolute Gasteiger partial charge is 0.493 e. The second kappa shape index (κ2) is 11.4. The number of hydrogen-bond donors (Lipinski definition) is 0. The van der Waals surface area contributed by atoms with Crippen LogP contribution in [0.1, 0.15) is 17.5 Å². The summed E-state index contributed by atoms with van der Waals surface area (Å²) in [5.41, 5.74) is 1.38. The lowest BCUT2D eigenvalue weighted by Gasteiger charge is -2.13. The molecule has 3 aromatic carbocycles. The van der Waals surface area contributed by atoms with Crippen molar-refractivity contribution >= 4 is 33.8 Å². The van der Waals surface area contributed by atoms with Gasteiger partial charge in [-0.2, -0.15) is 0 Å². The SMILES string of the molecule is COc1cc2nccc(Oc3ccc(CC(=S)CC(=O)Cc4cc(F)cc(F)c4)cc3F)c2cc1OC. The van der Waals surface area contributed by atoms with Gasteiger partial charge in [-0.3, -0.25) is 9.78 Å². The standard InChI is InChI=1S/C28H22F3NO4S/c1-34-27-14-22-24(15-28(27)35-2)32-6-5-25(22)36-26-4-3-16(11-23(26)31)10-21(37)13-20(33)9-17-7-18(29)12-19(30)8-17/h3-8,11-12,14-15H,9-10,13H2,1-2H3. The Bertz CT molecular complexity index is 1470. The summed E-state index contributed by atoms with van der Waals surface area (Å²) in [6.45, 7) is 0. The van der Waals surface area contributed by atoms with E-state index in [9.17, 15) is 18.0 Å². The number of thiocarbonyl (C=S) groups is 1. The van der Waals surface area contributed by atoms with Gasteiger partial charge in [-0.05, 0) is 47.5 Å². The third kappa shape index (κ3) is 6.42. The molecule has 0 unspecified atom stereocenters. The van der Waals surface area contributed by atoms with Gasteiger partial charge in [-0.25, -0.2) is 13.2 Å². The smallest absolute Gasteiger partial charge is 0.166 e. The van der Waals surface area contributed by atoms with Crippen LogP contribution in [0.5, 0.6) is 23.0 Å². The van der Waals surface area contributed by atoms with Crippen molar-refractivity contribution in [2.75, 3.05) is 14.2 Å². The summed E-state index contributed by atoms with van der Waals surface area (Å²) >= 11 is 5.31. The molecule has 1 aromatic heterocycles. The number of Topliss-reactive ketones (excluding diaryl/α,β-unsaturated/α-hetero) is 1. The average molecular weight is 526 g/mol. The summed E-state index contributed by atoms with van der Waals surface area (Å²) in [6.07, 6.45) is 1.52. The number of aromatic nitrogens is 1. The Kier molecular flexibility index (Phi) is 8.03. The molecule has 0 N–H and O–H groups in total. The molecule has 0 aliphatic carbocycles. The Morgan fingerprint density at radius 2 is 1.51 bits per heavy atom. The molecule has 0 atom stereocenters. The first-order valence-corrected chi connectivity index (χ1v) is 11.6. The zero-order valence-corrected chi connectivity index (χ0v) is 20.8. The molecule has 4 aromatic rings. The van der Waals surface area contributed by atoms with Crippen molar-refractivity contribution < 1.29 is 32.2 Å². The number of halogens is 3. The lowest BCUT2D eigenvalue weighted by Crippen LogP contribution is -2.11. The Morgan fingerprint density at radius 1 is 0.811 bits per heavy atom. The minimum absolute atomic E-state index is 0.00107. The molecule has 0 aliphatic rings. The van der Waals surface area contributed by atoms with E-state index in [1.54, 1.807) is 30.5 Å². The van der Waals surface area contributed by atoms with Gasteiger partial charge in [0.1, 0.15) is 23.2 Å². The van der Waals surface area contributed by atoms with Gasteiger partial charge >= 0.3 is 0 Å². The van der Waals surface area contributed by atoms with Gasteiger partial charge in [0, 0.05) is 47.8 Å². The number of nitrogens with zero attached hydrogens (tertiary/aromatic N) is 1. The second-order valence-electron chi connectivity index (χ2n) is 8.29. The maximum atomic E-state index is 14.9. The molecule has 5 nitrogen and oxygen atoms in total. The van der Waals surface area contributed by atoms with Crippen LogP contribution in [0.25, 0.3) is 10.9 Å². The van der Waals surface area contributed by atoms with E-state index in [4.69, 9.17) is 26.4 Å². The van der Waals surface area contributed by atoms with Crippen molar-refractivity contribution in [2.45, 2.75) is 19.3 Å². The monoisotopic (exact) mass is 525 g/mol. The van der Waals surface area contributed by atoms with E-state index in [1.807, 2.05) is 0 Å². The Hall–Kier alpha value is -3.98. The van der Waals surface area contributed by atoms with Gasteiger partial charge in [0.25, 0.3) is 0 Å². The number of carbonyl (C=O) groups is 1. The second-order valence-corrected chi connectivity index (χ2v) is 8.86. The van der Waals surface area contributed by atoms with Gasteiger partial charge in [-0.15, -0.1) is 0 Å². The van der Waals surface area contributed by atoms with Crippen LogP contribution in [0.15, 0.2) is 60.8 Å². The minimum Gasteiger partial charge on any atom is -0.493 e. The van der Waals surface area contributed by atoms with Crippen LogP contribution in [0.2, 0.25) is 0 Å². The Morgan fingerprint density at radius 3 is 2.19 bits per heavy atom. The number of pyridine rings is 1. The molecule has 0 saturated carbocycles. The van der Waals surface area contributed by atoms with E-state index in [2.05, 4.69) is 4.98 Å². The van der Waals surface area contributed by atoms with Crippen LogP contribution in [-0.2, 0) is 17.6 Å². The first-order valence-electron chi connectivity index (χ1n) is 11.2. The summed E-state index contributed by atoms with van der Waals surface area (Å²) in [7, 11) is 3.03. The quantitative estimate of drug-likeness (QED) is 0.218. The molecule has 190 valence electrons. The molecular formula is C28H22F3NO4S. The lowest BCUT2D eigenvalue weighted by molar-refractivity contribution is -0.117. The molecule has 0 bridgehead atoms. The number of hydrogen-bond acceptors (Lipinski definition) is 6. The van der Waals surface area contributed by atoms with Crippen molar-refractivity contribution in [1.29, 1.82) is 0 Å². The number of rotatable bonds is 10. The maximum absolute atomic E-state index is 14.9. The first-order chi connectivity index (χ1) is 17.7. The van der Waals surface area contributed by atoms with E-state index in [-0.39, 0.29) is 36.4 Å². The fourth-order valence-corrected chi connectivity index (χ4v) is 4.23. The molecule has 9 heteroatoms. The van der Waals surface area contributed by atoms with E-state index < -0.39 is 17.5 Å². The molecular weight excluding hydrogens is 503 g/mol. The van der Waals surface area contributed by atoms with Crippen LogP contribution in [-0.4, -0.2) is 29.9 Å². The highest BCUT2D eigenvalue weighted by atomic mass is 32.1. The third-order valence-electron chi connectivity index (χ3n) is 5.54. The Labute approximate surface area is 216 Å². The van der Waals surface area contributed by atoms with Crippen molar-refractivity contribution in [3.63, 3.8) is 0 Å². The molecule has 4 rings (SSSR count). The van der Waals surface area contributed by atoms with Crippen molar-refractivity contribution in [3.8, 4) is 23.0 Å². The summed E-state index contributed by atoms with van der Waals surface area (Å²) in [4.78, 5) is 17.0. The maximum Gasteiger partial charge on any atom is 0.166 e. The van der Waals surface area contributed by atoms with E-state index >= 15 is 0 Å². The van der Waals surface area contributed by atoms with E-state index in [1.165, 1.54) is 26.4 Å². The van der Waals surface area contributed by atoms with Crippen molar-refractivity contribution in [1.82, 2.24) is 4.98 Å². The van der Waals surface area contributed by atoms with Gasteiger partial charge in [0.2, 0.25) is 0 Å². The molecule has 37 heavy (non-hydrogen) atoms. The van der Waals surface area contributed by atoms with Gasteiger partial charge in [-0.1, -0.05) is 18.3 Å². The van der Waals surface area contributed by atoms with Crippen LogP contribution in [0, 0.1) is 17.5 Å². The number of methoxy groups -OCH3 is 2. The van der Waals surface area contributed by atoms with Crippen LogP contribution >= 0.6 is 12.2 Å². The number of fused-ring (bicyclic) bond motifs is 1. The van der Waals surface area contributed by atoms with E-state index in [0.717, 1.165) is 18.2 Å². The topological polar surface area (TPSA) is 57.7 Å². The molecule has 0 aliphatic heterocycles. The lowest BCUT2D eigenvalue weighted by atomic mass is 10.0. The third-order valence-corrected chi connectivity index (χ3v) is 5.83. The van der Waals surface area contributed by atoms with Crippen LogP contribution in [0.4, 0.5) is 13.2 Å². The molecule has 0 radical (unpaired) electrons. The van der Waals surface area contributed by atoms with Gasteiger partial charge in [0.05, 0.1) is 19.7 Å². The number of carbonyl (C=O) groups excluding carboxylic acids is 1. The van der Waals surface area contributed by atoms with Crippen LogP contribution in [0.3, 0.4) is 0 Å². The average Bonchev–Trinajstić information content (AvgIpc) is 2.84. The first kappa shape index (κ1) is 26.1. The van der Waals surface area contributed by atoms with Crippen molar-refractivity contribution in [3.05, 3.63) is 89.4 Å². The molecule has 0 amide bonds. The predicted molar refractivity (Wildman–Crippen MR) is 137 cm³/mol. The van der Waals surface area contributed by atoms with Crippen LogP contribution < -0.4 is 14.2 Å². The predicted octanol–water partition coefficient (Wildman–Crippen LogP) is 6.58. The zero-order valence-electron chi connectivity index (χ0n) is 20.0. The number of ketones is 1. The fourth-order valence-electron chi connectivity index (χ4n) is 3.91. The molecule has 0 spiro atoms. The van der Waals surface area contributed by atoms with Gasteiger partial charge < -0.3 is 14.2 Å². The normalized spacial score (nSPS) is 10.8. The van der Waals surface area contributed by atoms with E-state index in [0.29, 0.717) is 38.6 Å². The number of ether oxygens (including phenoxy) is 3. The summed E-state index contributed by atoms with van der Waals surface area (Å²) in [5, 5.41) is 0.612. The zero-order chi connectivity index (χ0) is 26.5. The fraction of sp³-hybridized carbons (Fsp3) is 0.179. The summed E-state index contributed by atoms with van der Waals surface area (Å²) < 4.78 is 58.1. The summed E-state index contributed by atoms with van der Waals surface area (Å²) in [5.74, 6) is -1.02. The highest BCUT2D eigenvalue weighted by molar-refractivity contribution is 7.80. The molecule has 0 fully saturated rings.